The quantitative estimate of drug-likeness (QED) is 0.718. The Morgan fingerprint density at radius 3 is 3.07 bits per heavy atom. The first-order valence-electron chi connectivity index (χ1n) is 5.74. The van der Waals surface area contributed by atoms with Crippen LogP contribution < -0.4 is 5.32 Å². The minimum Gasteiger partial charge on any atom is -0.360 e. The number of nitrogens with one attached hydrogen (secondary N) is 1. The van der Waals surface area contributed by atoms with Crippen molar-refractivity contribution >= 4 is 16.9 Å². The lowest BCUT2D eigenvalue weighted by Crippen LogP contribution is -2.36. The highest BCUT2D eigenvalue weighted by molar-refractivity contribution is 8.13. The second-order valence-corrected chi connectivity index (χ2v) is 6.20. The molecule has 2 saturated carbocycles. The number of hydrogen-bond donors (Lipinski definition) is 1. The number of amidine groups is 1. The molecule has 2 aliphatic carbocycles. The third-order valence-electron chi connectivity index (χ3n) is 3.74. The highest BCUT2D eigenvalue weighted by Gasteiger charge is 2.39. The van der Waals surface area contributed by atoms with Crippen molar-refractivity contribution in [3.63, 3.8) is 0 Å². The molecule has 0 radical (unpaired) electrons. The topological polar surface area (TPSA) is 24.4 Å². The average Bonchev–Trinajstić information content (AvgIpc) is 2.73. The molecule has 0 bridgehead atoms. The Morgan fingerprint density at radius 1 is 1.43 bits per heavy atom. The molecule has 3 heteroatoms. The zero-order valence-electron chi connectivity index (χ0n) is 8.75. The molecule has 1 aliphatic heterocycles. The van der Waals surface area contributed by atoms with Gasteiger partial charge in [0, 0.05) is 11.3 Å². The molecule has 2 atom stereocenters. The van der Waals surface area contributed by atoms with Crippen molar-refractivity contribution in [3.8, 4) is 0 Å². The van der Waals surface area contributed by atoms with Gasteiger partial charge in [-0.3, -0.25) is 4.99 Å². The van der Waals surface area contributed by atoms with Gasteiger partial charge in [-0.2, -0.15) is 0 Å². The number of rotatable bonds is 1. The Kier molecular flexibility index (Phi) is 2.05. The molecule has 0 aromatic heterocycles. The summed E-state index contributed by atoms with van der Waals surface area (Å²) in [6, 6.07) is 0.654. The van der Waals surface area contributed by atoms with Gasteiger partial charge in [0.05, 0.1) is 6.04 Å². The van der Waals surface area contributed by atoms with E-state index in [1.165, 1.54) is 43.0 Å². The lowest BCUT2D eigenvalue weighted by Gasteiger charge is -2.25. The molecule has 0 aromatic rings. The summed E-state index contributed by atoms with van der Waals surface area (Å²) in [7, 11) is 0. The van der Waals surface area contributed by atoms with Crippen molar-refractivity contribution in [1.82, 2.24) is 5.32 Å². The number of nitrogens with zero attached hydrogens (tertiary/aromatic N) is 1. The maximum absolute atomic E-state index is 4.84. The molecule has 0 spiro atoms. The normalized spacial score (nSPS) is 38.8. The fraction of sp³-hybridized carbons (Fsp3) is 0.909. The second-order valence-electron chi connectivity index (χ2n) is 5.19. The lowest BCUT2D eigenvalue weighted by atomic mass is 10.1. The fourth-order valence-corrected chi connectivity index (χ4v) is 3.68. The van der Waals surface area contributed by atoms with Crippen LogP contribution >= 0.6 is 11.8 Å². The van der Waals surface area contributed by atoms with Gasteiger partial charge in [-0.25, -0.2) is 0 Å². The van der Waals surface area contributed by atoms with Crippen LogP contribution in [0, 0.1) is 5.92 Å². The van der Waals surface area contributed by atoms with Crippen LogP contribution in [0.2, 0.25) is 0 Å². The standard InChI is InChI=1S/C11H18N2S/c1-11(5-6-11)13-10-12-9-4-2-3-8(9)7-14-10/h8-9H,2-7H2,1H3,(H,12,13). The third-order valence-corrected chi connectivity index (χ3v) is 4.82. The summed E-state index contributed by atoms with van der Waals surface area (Å²) in [5.74, 6) is 2.18. The van der Waals surface area contributed by atoms with E-state index < -0.39 is 0 Å². The van der Waals surface area contributed by atoms with Crippen LogP contribution in [0.5, 0.6) is 0 Å². The van der Waals surface area contributed by atoms with E-state index in [0.717, 1.165) is 5.92 Å². The summed E-state index contributed by atoms with van der Waals surface area (Å²) < 4.78 is 0. The molecule has 2 fully saturated rings. The van der Waals surface area contributed by atoms with Gasteiger partial charge in [0.2, 0.25) is 0 Å². The van der Waals surface area contributed by atoms with Gasteiger partial charge in [0.1, 0.15) is 0 Å². The molecule has 78 valence electrons. The van der Waals surface area contributed by atoms with Gasteiger partial charge in [0.15, 0.2) is 5.17 Å². The summed E-state index contributed by atoms with van der Waals surface area (Å²) in [5.41, 5.74) is 0.400. The number of fused-ring (bicyclic) bond motifs is 1. The van der Waals surface area contributed by atoms with E-state index in [-0.39, 0.29) is 0 Å². The Morgan fingerprint density at radius 2 is 2.29 bits per heavy atom. The minimum absolute atomic E-state index is 0.400. The molecular formula is C11H18N2S. The van der Waals surface area contributed by atoms with Crippen molar-refractivity contribution in [3.05, 3.63) is 0 Å². The molecule has 3 aliphatic rings. The third kappa shape index (κ3) is 1.67. The Hall–Kier alpha value is -0.180. The van der Waals surface area contributed by atoms with Gasteiger partial charge in [-0.05, 0) is 38.5 Å². The number of aliphatic imine (C=N–C) groups is 1. The maximum atomic E-state index is 4.84. The fourth-order valence-electron chi connectivity index (χ4n) is 2.39. The van der Waals surface area contributed by atoms with Gasteiger partial charge in [0.25, 0.3) is 0 Å². The molecule has 0 saturated heterocycles. The van der Waals surface area contributed by atoms with Gasteiger partial charge in [-0.1, -0.05) is 18.2 Å². The summed E-state index contributed by atoms with van der Waals surface area (Å²) >= 11 is 1.95. The van der Waals surface area contributed by atoms with Crippen molar-refractivity contribution in [2.24, 2.45) is 10.9 Å². The molecule has 3 rings (SSSR count). The summed E-state index contributed by atoms with van der Waals surface area (Å²) in [4.78, 5) is 4.84. The molecule has 0 aromatic carbocycles. The first-order chi connectivity index (χ1) is 6.75. The molecule has 0 amide bonds. The van der Waals surface area contributed by atoms with E-state index in [0.29, 0.717) is 11.6 Å². The van der Waals surface area contributed by atoms with Crippen molar-refractivity contribution in [2.45, 2.75) is 50.6 Å². The van der Waals surface area contributed by atoms with Crippen molar-refractivity contribution in [1.29, 1.82) is 0 Å². The summed E-state index contributed by atoms with van der Waals surface area (Å²) in [6.07, 6.45) is 6.77. The zero-order valence-corrected chi connectivity index (χ0v) is 9.57. The molecule has 2 unspecified atom stereocenters. The molecule has 1 heterocycles. The predicted molar refractivity (Wildman–Crippen MR) is 61.8 cm³/mol. The zero-order chi connectivity index (χ0) is 9.60. The minimum atomic E-state index is 0.400. The first kappa shape index (κ1) is 9.08. The van der Waals surface area contributed by atoms with E-state index in [1.54, 1.807) is 0 Å². The van der Waals surface area contributed by atoms with Crippen molar-refractivity contribution < 1.29 is 0 Å². The van der Waals surface area contributed by atoms with Crippen LogP contribution in [0.25, 0.3) is 0 Å². The Labute approximate surface area is 89.9 Å². The molecule has 1 N–H and O–H groups in total. The van der Waals surface area contributed by atoms with Crippen LogP contribution in [-0.2, 0) is 0 Å². The van der Waals surface area contributed by atoms with Crippen LogP contribution in [0.3, 0.4) is 0 Å². The van der Waals surface area contributed by atoms with E-state index in [2.05, 4.69) is 12.2 Å². The van der Waals surface area contributed by atoms with Gasteiger partial charge >= 0.3 is 0 Å². The molecule has 2 nitrogen and oxygen atoms in total. The van der Waals surface area contributed by atoms with Gasteiger partial charge < -0.3 is 5.32 Å². The monoisotopic (exact) mass is 210 g/mol. The number of thioether (sulfide) groups is 1. The number of hydrogen-bond acceptors (Lipinski definition) is 3. The van der Waals surface area contributed by atoms with Crippen molar-refractivity contribution in [2.75, 3.05) is 5.75 Å². The summed E-state index contributed by atoms with van der Waals surface area (Å²) in [5, 5.41) is 4.82. The van der Waals surface area contributed by atoms with E-state index >= 15 is 0 Å². The molecule has 14 heavy (non-hydrogen) atoms. The lowest BCUT2D eigenvalue weighted by molar-refractivity contribution is 0.529. The van der Waals surface area contributed by atoms with Crippen LogP contribution in [-0.4, -0.2) is 22.5 Å². The largest absolute Gasteiger partial charge is 0.360 e. The van der Waals surface area contributed by atoms with Gasteiger partial charge in [-0.15, -0.1) is 0 Å². The van der Waals surface area contributed by atoms with E-state index in [4.69, 9.17) is 4.99 Å². The highest BCUT2D eigenvalue weighted by atomic mass is 32.2. The average molecular weight is 210 g/mol. The van der Waals surface area contributed by atoms with Crippen LogP contribution in [0.1, 0.15) is 39.0 Å². The van der Waals surface area contributed by atoms with E-state index in [1.807, 2.05) is 11.8 Å². The first-order valence-corrected chi connectivity index (χ1v) is 6.73. The Balaban J connectivity index is 1.68. The molecular weight excluding hydrogens is 192 g/mol. The maximum Gasteiger partial charge on any atom is 0.157 e. The Bertz CT molecular complexity index is 270. The predicted octanol–water partition coefficient (Wildman–Crippen LogP) is 2.40. The summed E-state index contributed by atoms with van der Waals surface area (Å²) in [6.45, 7) is 2.30. The smallest absolute Gasteiger partial charge is 0.157 e. The van der Waals surface area contributed by atoms with Crippen LogP contribution in [0.15, 0.2) is 4.99 Å². The van der Waals surface area contributed by atoms with E-state index in [9.17, 15) is 0 Å². The second kappa shape index (κ2) is 3.16. The SMILES string of the molecule is CC1(NC2=NC3CCCC3CS2)CC1. The van der Waals surface area contributed by atoms with Crippen LogP contribution in [0.4, 0.5) is 0 Å². The highest BCUT2D eigenvalue weighted by Crippen LogP contribution is 2.38.